The molecule has 0 radical (unpaired) electrons. The first-order valence-electron chi connectivity index (χ1n) is 4.39. The summed E-state index contributed by atoms with van der Waals surface area (Å²) in [6, 6.07) is 0. The molecule has 1 aliphatic rings. The van der Waals surface area contributed by atoms with E-state index in [-0.39, 0.29) is 18.0 Å². The molecule has 0 amide bonds. The van der Waals surface area contributed by atoms with E-state index >= 15 is 0 Å². The van der Waals surface area contributed by atoms with Gasteiger partial charge in [-0.25, -0.2) is 8.42 Å². The molecule has 0 unspecified atom stereocenters. The predicted octanol–water partition coefficient (Wildman–Crippen LogP) is 0.989. The zero-order chi connectivity index (χ0) is 9.19. The van der Waals surface area contributed by atoms with Crippen molar-refractivity contribution in [1.82, 2.24) is 0 Å². The minimum atomic E-state index is -2.77. The van der Waals surface area contributed by atoms with Crippen molar-refractivity contribution >= 4 is 9.84 Å². The molecule has 1 aliphatic heterocycles. The lowest BCUT2D eigenvalue weighted by atomic mass is 10.3. The lowest BCUT2D eigenvalue weighted by Crippen LogP contribution is -2.20. The van der Waals surface area contributed by atoms with Crippen LogP contribution < -0.4 is 0 Å². The van der Waals surface area contributed by atoms with Gasteiger partial charge >= 0.3 is 0 Å². The average molecular weight is 192 g/mol. The number of hydrogen-bond acceptors (Lipinski definition) is 3. The molecule has 0 aromatic rings. The third kappa shape index (κ3) is 2.75. The summed E-state index contributed by atoms with van der Waals surface area (Å²) in [6.07, 6.45) is 1.75. The van der Waals surface area contributed by atoms with Crippen LogP contribution in [0, 0.1) is 0 Å². The average Bonchev–Trinajstić information content (AvgIpc) is 2.30. The summed E-state index contributed by atoms with van der Waals surface area (Å²) in [7, 11) is -2.77. The van der Waals surface area contributed by atoms with Gasteiger partial charge in [0.05, 0.1) is 23.7 Å². The maximum absolute atomic E-state index is 11.0. The van der Waals surface area contributed by atoms with Crippen molar-refractivity contribution in [2.75, 3.05) is 11.5 Å². The van der Waals surface area contributed by atoms with Crippen LogP contribution in [0.4, 0.5) is 0 Å². The fourth-order valence-electron chi connectivity index (χ4n) is 1.29. The minimum Gasteiger partial charge on any atom is -0.374 e. The molecule has 0 N–H and O–H groups in total. The highest BCUT2D eigenvalue weighted by Crippen LogP contribution is 2.16. The van der Waals surface area contributed by atoms with Crippen LogP contribution in [0.25, 0.3) is 0 Å². The van der Waals surface area contributed by atoms with Gasteiger partial charge in [0.25, 0.3) is 0 Å². The first-order chi connectivity index (χ1) is 5.53. The Morgan fingerprint density at radius 3 is 2.67 bits per heavy atom. The van der Waals surface area contributed by atoms with Crippen molar-refractivity contribution in [3.63, 3.8) is 0 Å². The predicted molar refractivity (Wildman–Crippen MR) is 47.9 cm³/mol. The second-order valence-corrected chi connectivity index (χ2v) is 5.61. The third-order valence-electron chi connectivity index (χ3n) is 2.19. The van der Waals surface area contributed by atoms with E-state index in [1.165, 1.54) is 0 Å². The number of rotatable bonds is 3. The lowest BCUT2D eigenvalue weighted by molar-refractivity contribution is 0.0110. The Balaban J connectivity index is 2.38. The van der Waals surface area contributed by atoms with Gasteiger partial charge in [0, 0.05) is 0 Å². The highest BCUT2D eigenvalue weighted by molar-refractivity contribution is 7.91. The van der Waals surface area contributed by atoms with Crippen molar-refractivity contribution in [1.29, 1.82) is 0 Å². The molecular formula is C8H16O3S. The summed E-state index contributed by atoms with van der Waals surface area (Å²) in [4.78, 5) is 0. The van der Waals surface area contributed by atoms with Crippen LogP contribution in [-0.4, -0.2) is 32.1 Å². The Hall–Kier alpha value is -0.0900. The molecule has 0 aliphatic carbocycles. The van der Waals surface area contributed by atoms with Crippen molar-refractivity contribution in [3.05, 3.63) is 0 Å². The molecule has 2 atom stereocenters. The molecule has 0 saturated carbocycles. The second kappa shape index (κ2) is 3.75. The molecule has 3 nitrogen and oxygen atoms in total. The lowest BCUT2D eigenvalue weighted by Gasteiger charge is -2.15. The number of hydrogen-bond donors (Lipinski definition) is 0. The molecule has 0 aromatic heterocycles. The Bertz CT molecular complexity index is 233. The zero-order valence-electron chi connectivity index (χ0n) is 7.62. The molecule has 0 spiro atoms. The van der Waals surface area contributed by atoms with Crippen LogP contribution in [0.2, 0.25) is 0 Å². The van der Waals surface area contributed by atoms with Gasteiger partial charge in [-0.15, -0.1) is 0 Å². The molecular weight excluding hydrogens is 176 g/mol. The molecule has 1 fully saturated rings. The van der Waals surface area contributed by atoms with Crippen LogP contribution in [0.5, 0.6) is 0 Å². The van der Waals surface area contributed by atoms with Gasteiger partial charge in [-0.1, -0.05) is 6.92 Å². The first-order valence-corrected chi connectivity index (χ1v) is 6.21. The first kappa shape index (κ1) is 9.99. The molecule has 0 aromatic carbocycles. The normalized spacial score (nSPS) is 30.3. The fourth-order valence-corrected chi connectivity index (χ4v) is 2.89. The molecule has 1 saturated heterocycles. The van der Waals surface area contributed by atoms with Gasteiger partial charge in [-0.05, 0) is 19.8 Å². The largest absolute Gasteiger partial charge is 0.374 e. The number of ether oxygens (including phenoxy) is 1. The summed E-state index contributed by atoms with van der Waals surface area (Å²) in [6.45, 7) is 4.01. The molecule has 72 valence electrons. The van der Waals surface area contributed by atoms with Crippen LogP contribution in [0.15, 0.2) is 0 Å². The molecule has 0 bridgehead atoms. The van der Waals surface area contributed by atoms with E-state index in [2.05, 4.69) is 0 Å². The van der Waals surface area contributed by atoms with Gasteiger partial charge in [-0.2, -0.15) is 0 Å². The molecule has 1 rings (SSSR count). The van der Waals surface area contributed by atoms with Crippen molar-refractivity contribution < 1.29 is 13.2 Å². The van der Waals surface area contributed by atoms with Gasteiger partial charge in [0.1, 0.15) is 0 Å². The maximum Gasteiger partial charge on any atom is 0.152 e. The standard InChI is InChI=1S/C8H16O3S/c1-3-7(2)11-8-4-5-12(9,10)6-8/h7-8H,3-6H2,1-2H3/t7-,8+/m0/s1. The molecule has 12 heavy (non-hydrogen) atoms. The molecule has 1 heterocycles. The Kier molecular flexibility index (Phi) is 3.12. The summed E-state index contributed by atoms with van der Waals surface area (Å²) < 4.78 is 27.6. The fraction of sp³-hybridized carbons (Fsp3) is 1.00. The summed E-state index contributed by atoms with van der Waals surface area (Å²) >= 11 is 0. The second-order valence-electron chi connectivity index (χ2n) is 3.38. The van der Waals surface area contributed by atoms with E-state index in [4.69, 9.17) is 4.74 Å². The van der Waals surface area contributed by atoms with Gasteiger partial charge < -0.3 is 4.74 Å². The van der Waals surface area contributed by atoms with Crippen LogP contribution in [0.3, 0.4) is 0 Å². The minimum absolute atomic E-state index is 0.0510. The smallest absolute Gasteiger partial charge is 0.152 e. The maximum atomic E-state index is 11.0. The molecule has 4 heteroatoms. The van der Waals surface area contributed by atoms with E-state index in [1.54, 1.807) is 0 Å². The van der Waals surface area contributed by atoms with Gasteiger partial charge in [-0.3, -0.25) is 0 Å². The van der Waals surface area contributed by atoms with Crippen LogP contribution >= 0.6 is 0 Å². The Morgan fingerprint density at radius 2 is 2.25 bits per heavy atom. The van der Waals surface area contributed by atoms with E-state index in [9.17, 15) is 8.42 Å². The summed E-state index contributed by atoms with van der Waals surface area (Å²) in [5.41, 5.74) is 0. The zero-order valence-corrected chi connectivity index (χ0v) is 8.43. The van der Waals surface area contributed by atoms with E-state index in [1.807, 2.05) is 13.8 Å². The topological polar surface area (TPSA) is 43.4 Å². The third-order valence-corrected chi connectivity index (χ3v) is 3.93. The van der Waals surface area contributed by atoms with E-state index in [0.29, 0.717) is 12.2 Å². The Labute approximate surface area is 74.0 Å². The van der Waals surface area contributed by atoms with E-state index in [0.717, 1.165) is 6.42 Å². The monoisotopic (exact) mass is 192 g/mol. The summed E-state index contributed by atoms with van der Waals surface area (Å²) in [5.74, 6) is 0.519. The highest BCUT2D eigenvalue weighted by atomic mass is 32.2. The Morgan fingerprint density at radius 1 is 1.58 bits per heavy atom. The van der Waals surface area contributed by atoms with Crippen molar-refractivity contribution in [2.45, 2.75) is 38.9 Å². The van der Waals surface area contributed by atoms with E-state index < -0.39 is 9.84 Å². The SMILES string of the molecule is CC[C@H](C)O[C@@H]1CCS(=O)(=O)C1. The van der Waals surface area contributed by atoms with Crippen molar-refractivity contribution in [2.24, 2.45) is 0 Å². The van der Waals surface area contributed by atoms with Crippen LogP contribution in [-0.2, 0) is 14.6 Å². The van der Waals surface area contributed by atoms with Crippen molar-refractivity contribution in [3.8, 4) is 0 Å². The number of sulfone groups is 1. The quantitative estimate of drug-likeness (QED) is 0.669. The summed E-state index contributed by atoms with van der Waals surface area (Å²) in [5, 5.41) is 0. The van der Waals surface area contributed by atoms with Crippen LogP contribution in [0.1, 0.15) is 26.7 Å². The highest BCUT2D eigenvalue weighted by Gasteiger charge is 2.29. The van der Waals surface area contributed by atoms with Gasteiger partial charge in [0.15, 0.2) is 9.84 Å². The van der Waals surface area contributed by atoms with Gasteiger partial charge in [0.2, 0.25) is 0 Å².